The molecule has 2 aromatic rings. The number of carbonyl (C=O) groups is 2. The van der Waals surface area contributed by atoms with Crippen LogP contribution in [0.5, 0.6) is 11.5 Å². The Bertz CT molecular complexity index is 790. The number of benzene rings is 2. The first kappa shape index (κ1) is 20.1. The summed E-state index contributed by atoms with van der Waals surface area (Å²) in [5.41, 5.74) is 6.05. The van der Waals surface area contributed by atoms with Gasteiger partial charge in [0.1, 0.15) is 11.5 Å². The lowest BCUT2D eigenvalue weighted by molar-refractivity contribution is -0.274. The highest BCUT2D eigenvalue weighted by molar-refractivity contribution is 5.92. The van der Waals surface area contributed by atoms with Crippen LogP contribution in [0, 0.1) is 0 Å². The van der Waals surface area contributed by atoms with Crippen LogP contribution in [-0.4, -0.2) is 24.8 Å². The third-order valence-corrected chi connectivity index (χ3v) is 3.50. The highest BCUT2D eigenvalue weighted by atomic mass is 19.4. The predicted molar refractivity (Wildman–Crippen MR) is 90.1 cm³/mol. The van der Waals surface area contributed by atoms with Crippen molar-refractivity contribution >= 4 is 11.8 Å². The van der Waals surface area contributed by atoms with E-state index in [1.807, 2.05) is 0 Å². The number of nitrogens with one attached hydrogen (secondary N) is 1. The SMILES string of the molecule is CC(NC(=O)COc1ccc(C(N)=O)cc1)c1ccc(OC(F)(F)F)cc1. The number of halogens is 3. The van der Waals surface area contributed by atoms with Crippen molar-refractivity contribution in [3.8, 4) is 11.5 Å². The Labute approximate surface area is 153 Å². The summed E-state index contributed by atoms with van der Waals surface area (Å²) >= 11 is 0. The van der Waals surface area contributed by atoms with Gasteiger partial charge in [-0.1, -0.05) is 12.1 Å². The van der Waals surface area contributed by atoms with Gasteiger partial charge in [-0.2, -0.15) is 0 Å². The number of ether oxygens (including phenoxy) is 2. The van der Waals surface area contributed by atoms with E-state index in [-0.39, 0.29) is 12.4 Å². The lowest BCUT2D eigenvalue weighted by atomic mass is 10.1. The third kappa shape index (κ3) is 6.53. The number of rotatable bonds is 7. The van der Waals surface area contributed by atoms with E-state index >= 15 is 0 Å². The molecular formula is C18H17F3N2O4. The molecule has 0 fully saturated rings. The van der Waals surface area contributed by atoms with E-state index in [2.05, 4.69) is 10.1 Å². The van der Waals surface area contributed by atoms with Crippen molar-refractivity contribution in [1.82, 2.24) is 5.32 Å². The monoisotopic (exact) mass is 382 g/mol. The molecule has 0 aliphatic rings. The Kier molecular flexibility index (Phi) is 6.27. The summed E-state index contributed by atoms with van der Waals surface area (Å²) in [5, 5.41) is 2.66. The number of alkyl halides is 3. The summed E-state index contributed by atoms with van der Waals surface area (Å²) in [5.74, 6) is -0.944. The molecule has 1 unspecified atom stereocenters. The number of carbonyl (C=O) groups excluding carboxylic acids is 2. The molecule has 9 heteroatoms. The number of hydrogen-bond donors (Lipinski definition) is 2. The Hall–Kier alpha value is -3.23. The van der Waals surface area contributed by atoms with Gasteiger partial charge in [0.05, 0.1) is 6.04 Å². The smallest absolute Gasteiger partial charge is 0.484 e. The van der Waals surface area contributed by atoms with E-state index in [9.17, 15) is 22.8 Å². The topological polar surface area (TPSA) is 90.6 Å². The fraction of sp³-hybridized carbons (Fsp3) is 0.222. The van der Waals surface area contributed by atoms with E-state index in [4.69, 9.17) is 10.5 Å². The highest BCUT2D eigenvalue weighted by Crippen LogP contribution is 2.24. The van der Waals surface area contributed by atoms with Gasteiger partial charge in [0.25, 0.3) is 5.91 Å². The van der Waals surface area contributed by atoms with Crippen molar-refractivity contribution in [2.45, 2.75) is 19.3 Å². The van der Waals surface area contributed by atoms with Gasteiger partial charge in [-0.05, 0) is 48.9 Å². The molecule has 6 nitrogen and oxygen atoms in total. The standard InChI is InChI=1S/C18H17F3N2O4/c1-11(12-2-8-15(9-3-12)27-18(19,20)21)23-16(24)10-26-14-6-4-13(5-7-14)17(22)25/h2-9,11H,10H2,1H3,(H2,22,25)(H,23,24). The van der Waals surface area contributed by atoms with Crippen molar-refractivity contribution in [3.63, 3.8) is 0 Å². The quantitative estimate of drug-likeness (QED) is 0.770. The van der Waals surface area contributed by atoms with Gasteiger partial charge >= 0.3 is 6.36 Å². The first-order valence-electron chi connectivity index (χ1n) is 7.82. The number of hydrogen-bond acceptors (Lipinski definition) is 4. The summed E-state index contributed by atoms with van der Waals surface area (Å²) in [6.45, 7) is 1.41. The van der Waals surface area contributed by atoms with Crippen LogP contribution in [0.1, 0.15) is 28.9 Å². The first-order valence-corrected chi connectivity index (χ1v) is 7.82. The zero-order valence-corrected chi connectivity index (χ0v) is 14.2. The van der Waals surface area contributed by atoms with Crippen molar-refractivity contribution in [2.75, 3.05) is 6.61 Å². The molecule has 0 radical (unpaired) electrons. The number of amides is 2. The second kappa shape index (κ2) is 8.43. The van der Waals surface area contributed by atoms with E-state index in [1.54, 1.807) is 6.92 Å². The van der Waals surface area contributed by atoms with Crippen LogP contribution >= 0.6 is 0 Å². The average molecular weight is 382 g/mol. The number of primary amides is 1. The van der Waals surface area contributed by atoms with Crippen LogP contribution in [0.2, 0.25) is 0 Å². The lowest BCUT2D eigenvalue weighted by Gasteiger charge is -2.16. The van der Waals surface area contributed by atoms with E-state index in [0.29, 0.717) is 16.9 Å². The predicted octanol–water partition coefficient (Wildman–Crippen LogP) is 2.94. The largest absolute Gasteiger partial charge is 0.573 e. The van der Waals surface area contributed by atoms with Gasteiger partial charge in [0, 0.05) is 5.56 Å². The third-order valence-electron chi connectivity index (χ3n) is 3.50. The molecule has 0 heterocycles. The zero-order chi connectivity index (χ0) is 20.0. The van der Waals surface area contributed by atoms with Crippen LogP contribution in [-0.2, 0) is 4.79 Å². The van der Waals surface area contributed by atoms with E-state index in [1.165, 1.54) is 48.5 Å². The van der Waals surface area contributed by atoms with Gasteiger partial charge in [-0.15, -0.1) is 13.2 Å². The molecule has 144 valence electrons. The lowest BCUT2D eigenvalue weighted by Crippen LogP contribution is -2.31. The van der Waals surface area contributed by atoms with Gasteiger partial charge in [-0.25, -0.2) is 0 Å². The van der Waals surface area contributed by atoms with Crippen molar-refractivity contribution in [3.05, 3.63) is 59.7 Å². The Morgan fingerprint density at radius 3 is 2.11 bits per heavy atom. The molecule has 0 aliphatic heterocycles. The summed E-state index contributed by atoms with van der Waals surface area (Å²) in [6, 6.07) is 10.7. The molecule has 3 N–H and O–H groups in total. The van der Waals surface area contributed by atoms with Gasteiger partial charge < -0.3 is 20.5 Å². The molecule has 0 bridgehead atoms. The molecule has 0 spiro atoms. The van der Waals surface area contributed by atoms with Crippen molar-refractivity contribution in [2.24, 2.45) is 5.73 Å². The molecule has 2 aromatic carbocycles. The second-order valence-corrected chi connectivity index (χ2v) is 5.58. The van der Waals surface area contributed by atoms with Crippen LogP contribution in [0.15, 0.2) is 48.5 Å². The molecule has 0 aliphatic carbocycles. The summed E-state index contributed by atoms with van der Waals surface area (Å²) in [4.78, 5) is 22.9. The Morgan fingerprint density at radius 2 is 1.59 bits per heavy atom. The highest BCUT2D eigenvalue weighted by Gasteiger charge is 2.31. The van der Waals surface area contributed by atoms with Crippen molar-refractivity contribution in [1.29, 1.82) is 0 Å². The minimum atomic E-state index is -4.76. The van der Waals surface area contributed by atoms with E-state index < -0.39 is 24.2 Å². The molecule has 0 aromatic heterocycles. The summed E-state index contributed by atoms with van der Waals surface area (Å²) in [6.07, 6.45) is -4.76. The fourth-order valence-electron chi connectivity index (χ4n) is 2.19. The number of nitrogens with two attached hydrogens (primary N) is 1. The van der Waals surface area contributed by atoms with Gasteiger partial charge in [-0.3, -0.25) is 9.59 Å². The average Bonchev–Trinajstić information content (AvgIpc) is 2.59. The fourth-order valence-corrected chi connectivity index (χ4v) is 2.19. The molecule has 0 saturated heterocycles. The molecule has 27 heavy (non-hydrogen) atoms. The molecule has 2 rings (SSSR count). The molecule has 2 amide bonds. The second-order valence-electron chi connectivity index (χ2n) is 5.58. The molecule has 0 saturated carbocycles. The Morgan fingerprint density at radius 1 is 1.04 bits per heavy atom. The first-order chi connectivity index (χ1) is 12.6. The van der Waals surface area contributed by atoms with Gasteiger partial charge in [0.15, 0.2) is 6.61 Å². The summed E-state index contributed by atoms with van der Waals surface area (Å²) < 4.78 is 45.5. The maximum absolute atomic E-state index is 12.1. The van der Waals surface area contributed by atoms with Crippen molar-refractivity contribution < 1.29 is 32.2 Å². The van der Waals surface area contributed by atoms with Crippen LogP contribution < -0.4 is 20.5 Å². The van der Waals surface area contributed by atoms with Crippen LogP contribution in [0.4, 0.5) is 13.2 Å². The van der Waals surface area contributed by atoms with Crippen LogP contribution in [0.3, 0.4) is 0 Å². The summed E-state index contributed by atoms with van der Waals surface area (Å²) in [7, 11) is 0. The normalized spacial score (nSPS) is 12.1. The molecular weight excluding hydrogens is 365 g/mol. The maximum atomic E-state index is 12.1. The van der Waals surface area contributed by atoms with Gasteiger partial charge in [0.2, 0.25) is 5.91 Å². The molecule has 1 atom stereocenters. The minimum absolute atomic E-state index is 0.268. The zero-order valence-electron chi connectivity index (χ0n) is 14.2. The van der Waals surface area contributed by atoms with Crippen LogP contribution in [0.25, 0.3) is 0 Å². The minimum Gasteiger partial charge on any atom is -0.484 e. The maximum Gasteiger partial charge on any atom is 0.573 e. The van der Waals surface area contributed by atoms with E-state index in [0.717, 1.165) is 0 Å². The Balaban J connectivity index is 1.85.